The Balaban J connectivity index is 2.21. The van der Waals surface area contributed by atoms with Crippen LogP contribution in [0.4, 0.5) is 5.69 Å². The summed E-state index contributed by atoms with van der Waals surface area (Å²) in [5.74, 6) is 0.179. The van der Waals surface area contributed by atoms with Crippen LogP contribution >= 0.6 is 15.9 Å². The fourth-order valence-electron chi connectivity index (χ4n) is 3.79. The van der Waals surface area contributed by atoms with Gasteiger partial charge in [0.1, 0.15) is 11.8 Å². The summed E-state index contributed by atoms with van der Waals surface area (Å²) in [6.07, 6.45) is 2.02. The standard InChI is InChI=1S/C25H28BrN3O3/c1-4-6-13-29-21-16-20(26)23(32-14-12-27)15-19(21)24(25(30)31-5-2)22(29)17-28(3)18-10-8-7-9-11-18/h7-11,15-16H,4-6,13-14,17H2,1-3H3. The smallest absolute Gasteiger partial charge is 0.340 e. The maximum atomic E-state index is 13.1. The number of esters is 1. The Morgan fingerprint density at radius 3 is 2.62 bits per heavy atom. The summed E-state index contributed by atoms with van der Waals surface area (Å²) in [5, 5.41) is 9.69. The predicted molar refractivity (Wildman–Crippen MR) is 130 cm³/mol. The number of hydrogen-bond acceptors (Lipinski definition) is 5. The van der Waals surface area contributed by atoms with Gasteiger partial charge in [0.05, 0.1) is 34.4 Å². The highest BCUT2D eigenvalue weighted by Crippen LogP contribution is 2.37. The van der Waals surface area contributed by atoms with Crippen molar-refractivity contribution >= 4 is 38.5 Å². The number of nitrogens with zero attached hydrogens (tertiary/aromatic N) is 3. The fraction of sp³-hybridized carbons (Fsp3) is 0.360. The molecule has 0 saturated carbocycles. The summed E-state index contributed by atoms with van der Waals surface area (Å²) in [5.41, 5.74) is 3.46. The molecule has 1 aromatic heterocycles. The van der Waals surface area contributed by atoms with Crippen molar-refractivity contribution in [3.63, 3.8) is 0 Å². The third kappa shape index (κ3) is 5.08. The third-order valence-corrected chi connectivity index (χ3v) is 5.94. The number of halogens is 1. The summed E-state index contributed by atoms with van der Waals surface area (Å²) in [4.78, 5) is 15.3. The van der Waals surface area contributed by atoms with Crippen LogP contribution in [0.15, 0.2) is 46.9 Å². The van der Waals surface area contributed by atoms with E-state index in [-0.39, 0.29) is 12.6 Å². The Kier molecular flexibility index (Phi) is 8.18. The van der Waals surface area contributed by atoms with E-state index in [1.54, 1.807) is 0 Å². The molecule has 32 heavy (non-hydrogen) atoms. The number of nitriles is 1. The van der Waals surface area contributed by atoms with Gasteiger partial charge in [-0.25, -0.2) is 4.79 Å². The quantitative estimate of drug-likeness (QED) is 0.325. The zero-order chi connectivity index (χ0) is 23.1. The Bertz CT molecular complexity index is 1120. The van der Waals surface area contributed by atoms with Crippen molar-refractivity contribution < 1.29 is 14.3 Å². The second-order valence-electron chi connectivity index (χ2n) is 7.49. The van der Waals surface area contributed by atoms with E-state index in [1.165, 1.54) is 0 Å². The molecule has 0 unspecified atom stereocenters. The van der Waals surface area contributed by atoms with E-state index in [4.69, 9.17) is 14.7 Å². The summed E-state index contributed by atoms with van der Waals surface area (Å²) in [7, 11) is 2.02. The lowest BCUT2D eigenvalue weighted by molar-refractivity contribution is 0.0527. The van der Waals surface area contributed by atoms with Gasteiger partial charge in [0.2, 0.25) is 0 Å². The molecule has 3 rings (SSSR count). The number of aryl methyl sites for hydroxylation is 1. The topological polar surface area (TPSA) is 67.5 Å². The maximum absolute atomic E-state index is 13.1. The van der Waals surface area contributed by atoms with Crippen LogP contribution in [0.5, 0.6) is 5.75 Å². The van der Waals surface area contributed by atoms with Gasteiger partial charge in [-0.1, -0.05) is 31.5 Å². The van der Waals surface area contributed by atoms with Crippen molar-refractivity contribution in [2.24, 2.45) is 0 Å². The number of para-hydroxylation sites is 1. The molecule has 0 saturated heterocycles. The molecule has 0 aliphatic carbocycles. The minimum Gasteiger partial charge on any atom is -0.478 e. The first-order valence-electron chi connectivity index (χ1n) is 10.8. The lowest BCUT2D eigenvalue weighted by Gasteiger charge is -2.22. The lowest BCUT2D eigenvalue weighted by Crippen LogP contribution is -2.21. The summed E-state index contributed by atoms with van der Waals surface area (Å²) < 4.78 is 14.0. The second kappa shape index (κ2) is 11.1. The zero-order valence-electron chi connectivity index (χ0n) is 18.7. The highest BCUT2D eigenvalue weighted by Gasteiger charge is 2.26. The molecule has 1 heterocycles. The summed E-state index contributed by atoms with van der Waals surface area (Å²) in [6.45, 7) is 5.51. The van der Waals surface area contributed by atoms with Gasteiger partial charge in [0, 0.05) is 24.7 Å². The van der Waals surface area contributed by atoms with E-state index in [9.17, 15) is 4.79 Å². The van der Waals surface area contributed by atoms with Gasteiger partial charge in [-0.05, 0) is 53.5 Å². The summed E-state index contributed by atoms with van der Waals surface area (Å²) >= 11 is 3.56. The average molecular weight is 498 g/mol. The van der Waals surface area contributed by atoms with Gasteiger partial charge in [-0.15, -0.1) is 0 Å². The predicted octanol–water partition coefficient (Wildman–Crippen LogP) is 5.92. The van der Waals surface area contributed by atoms with Crippen molar-refractivity contribution in [3.05, 3.63) is 58.2 Å². The van der Waals surface area contributed by atoms with E-state index in [0.29, 0.717) is 24.5 Å². The van der Waals surface area contributed by atoms with Crippen LogP contribution in [0.3, 0.4) is 0 Å². The van der Waals surface area contributed by atoms with Crippen LogP contribution < -0.4 is 9.64 Å². The number of carbonyl (C=O) groups excluding carboxylic acids is 1. The monoisotopic (exact) mass is 497 g/mol. The lowest BCUT2D eigenvalue weighted by atomic mass is 10.1. The molecule has 2 aromatic carbocycles. The van der Waals surface area contributed by atoms with Crippen LogP contribution in [0, 0.1) is 11.3 Å². The molecular formula is C25H28BrN3O3. The first-order chi connectivity index (χ1) is 15.5. The Morgan fingerprint density at radius 2 is 1.97 bits per heavy atom. The van der Waals surface area contributed by atoms with Gasteiger partial charge in [-0.3, -0.25) is 0 Å². The number of anilines is 1. The van der Waals surface area contributed by atoms with Crippen LogP contribution in [0.1, 0.15) is 42.7 Å². The van der Waals surface area contributed by atoms with Gasteiger partial charge in [-0.2, -0.15) is 5.26 Å². The number of unbranched alkanes of at least 4 members (excludes halogenated alkanes) is 1. The molecule has 0 radical (unpaired) electrons. The van der Waals surface area contributed by atoms with E-state index in [0.717, 1.165) is 46.1 Å². The molecule has 0 aliphatic heterocycles. The van der Waals surface area contributed by atoms with Crippen molar-refractivity contribution in [1.29, 1.82) is 5.26 Å². The molecule has 7 heteroatoms. The number of hydrogen-bond donors (Lipinski definition) is 0. The first-order valence-corrected chi connectivity index (χ1v) is 11.6. The van der Waals surface area contributed by atoms with Crippen molar-refractivity contribution in [3.8, 4) is 11.8 Å². The summed E-state index contributed by atoms with van der Waals surface area (Å²) in [6, 6.07) is 15.9. The number of aromatic nitrogens is 1. The molecule has 3 aromatic rings. The molecule has 0 N–H and O–H groups in total. The highest BCUT2D eigenvalue weighted by molar-refractivity contribution is 9.10. The van der Waals surface area contributed by atoms with E-state index >= 15 is 0 Å². The molecule has 168 valence electrons. The number of rotatable bonds is 10. The fourth-order valence-corrected chi connectivity index (χ4v) is 4.23. The van der Waals surface area contributed by atoms with Crippen LogP contribution in [-0.2, 0) is 17.8 Å². The van der Waals surface area contributed by atoms with Gasteiger partial charge < -0.3 is 18.9 Å². The second-order valence-corrected chi connectivity index (χ2v) is 8.34. The van der Waals surface area contributed by atoms with Crippen molar-refractivity contribution in [1.82, 2.24) is 4.57 Å². The van der Waals surface area contributed by atoms with Crippen molar-refractivity contribution in [2.45, 2.75) is 39.8 Å². The molecule has 0 spiro atoms. The minimum absolute atomic E-state index is 0.0704. The molecule has 0 atom stereocenters. The molecule has 6 nitrogen and oxygen atoms in total. The van der Waals surface area contributed by atoms with Crippen LogP contribution in [0.25, 0.3) is 10.9 Å². The Morgan fingerprint density at radius 1 is 1.22 bits per heavy atom. The Labute approximate surface area is 197 Å². The first kappa shape index (κ1) is 23.7. The van der Waals surface area contributed by atoms with Crippen molar-refractivity contribution in [2.75, 3.05) is 25.2 Å². The minimum atomic E-state index is -0.349. The average Bonchev–Trinajstić information content (AvgIpc) is 3.08. The molecule has 0 bridgehead atoms. The van der Waals surface area contributed by atoms with Crippen LogP contribution in [-0.4, -0.2) is 30.8 Å². The van der Waals surface area contributed by atoms with E-state index in [2.05, 4.69) is 32.3 Å². The number of fused-ring (bicyclic) bond motifs is 1. The largest absolute Gasteiger partial charge is 0.478 e. The van der Waals surface area contributed by atoms with Gasteiger partial charge in [0.15, 0.2) is 6.61 Å². The number of ether oxygens (including phenoxy) is 2. The normalized spacial score (nSPS) is 10.7. The highest BCUT2D eigenvalue weighted by atomic mass is 79.9. The Hall–Kier alpha value is -2.98. The number of benzene rings is 2. The number of carbonyl (C=O) groups is 1. The molecule has 0 amide bonds. The van der Waals surface area contributed by atoms with Gasteiger partial charge in [0.25, 0.3) is 0 Å². The van der Waals surface area contributed by atoms with E-state index in [1.807, 2.05) is 62.5 Å². The van der Waals surface area contributed by atoms with Gasteiger partial charge >= 0.3 is 5.97 Å². The molecule has 0 fully saturated rings. The van der Waals surface area contributed by atoms with Crippen LogP contribution in [0.2, 0.25) is 0 Å². The SMILES string of the molecule is CCCCn1c(CN(C)c2ccccc2)c(C(=O)OCC)c2cc(OCC#N)c(Br)cc21. The molecular weight excluding hydrogens is 470 g/mol. The third-order valence-electron chi connectivity index (χ3n) is 5.32. The molecule has 0 aliphatic rings. The zero-order valence-corrected chi connectivity index (χ0v) is 20.3. The maximum Gasteiger partial charge on any atom is 0.340 e. The van der Waals surface area contributed by atoms with E-state index < -0.39 is 0 Å².